The molecule has 7 nitrogen and oxygen atoms in total. The second-order valence-electron chi connectivity index (χ2n) is 3.31. The third kappa shape index (κ3) is 2.03. The van der Waals surface area contributed by atoms with Crippen molar-refractivity contribution in [3.63, 3.8) is 0 Å². The monoisotopic (exact) mass is 267 g/mol. The lowest BCUT2D eigenvalue weighted by atomic mass is 10.2. The van der Waals surface area contributed by atoms with E-state index in [1.165, 1.54) is 30.5 Å². The van der Waals surface area contributed by atoms with Crippen molar-refractivity contribution in [1.82, 2.24) is 9.78 Å². The lowest BCUT2D eigenvalue weighted by Gasteiger charge is -2.04. The first-order valence-electron chi connectivity index (χ1n) is 4.73. The molecule has 1 aromatic heterocycles. The van der Waals surface area contributed by atoms with Gasteiger partial charge in [-0.1, -0.05) is 17.7 Å². The zero-order valence-corrected chi connectivity index (χ0v) is 9.53. The highest BCUT2D eigenvalue weighted by molar-refractivity contribution is 6.34. The van der Waals surface area contributed by atoms with Crippen LogP contribution in [0.5, 0.6) is 0 Å². The molecule has 0 atom stereocenters. The number of benzene rings is 1. The van der Waals surface area contributed by atoms with E-state index < -0.39 is 10.9 Å². The first-order chi connectivity index (χ1) is 8.50. The molecule has 2 rings (SSSR count). The van der Waals surface area contributed by atoms with Gasteiger partial charge in [0.2, 0.25) is 0 Å². The van der Waals surface area contributed by atoms with E-state index in [2.05, 4.69) is 5.10 Å². The van der Waals surface area contributed by atoms with Crippen LogP contribution in [0.1, 0.15) is 10.4 Å². The molecule has 1 N–H and O–H groups in total. The molecule has 92 valence electrons. The van der Waals surface area contributed by atoms with E-state index >= 15 is 0 Å². The molecule has 0 aliphatic carbocycles. The third-order valence-corrected chi connectivity index (χ3v) is 2.53. The topological polar surface area (TPSA) is 98.3 Å². The highest BCUT2D eigenvalue weighted by atomic mass is 35.5. The molecule has 0 saturated carbocycles. The van der Waals surface area contributed by atoms with Crippen LogP contribution in [-0.2, 0) is 0 Å². The van der Waals surface area contributed by atoms with Crippen molar-refractivity contribution in [3.8, 4) is 5.69 Å². The molecular formula is C10H6ClN3O4. The number of hydrogen-bond acceptors (Lipinski definition) is 4. The molecule has 0 aliphatic heterocycles. The number of nitro groups is 1. The minimum absolute atomic E-state index is 0.0400. The molecule has 0 unspecified atom stereocenters. The molecule has 0 bridgehead atoms. The molecule has 0 saturated heterocycles. The second kappa shape index (κ2) is 4.46. The predicted octanol–water partition coefficient (Wildman–Crippen LogP) is 2.13. The Bertz CT molecular complexity index is 638. The first-order valence-corrected chi connectivity index (χ1v) is 5.10. The van der Waals surface area contributed by atoms with E-state index in [0.717, 1.165) is 4.68 Å². The van der Waals surface area contributed by atoms with Gasteiger partial charge in [0, 0.05) is 0 Å². The summed E-state index contributed by atoms with van der Waals surface area (Å²) in [7, 11) is 0. The minimum atomic E-state index is -1.23. The Balaban J connectivity index is 2.59. The van der Waals surface area contributed by atoms with Crippen LogP contribution in [0.2, 0.25) is 5.02 Å². The Morgan fingerprint density at radius 1 is 1.44 bits per heavy atom. The van der Waals surface area contributed by atoms with Gasteiger partial charge in [-0.2, -0.15) is 0 Å². The molecular weight excluding hydrogens is 262 g/mol. The fourth-order valence-corrected chi connectivity index (χ4v) is 1.71. The van der Waals surface area contributed by atoms with Crippen LogP contribution in [0.4, 0.5) is 5.82 Å². The SMILES string of the molecule is O=C(O)c1c(Cl)cccc1-n1ccc([N+](=O)[O-])n1. The average molecular weight is 268 g/mol. The number of halogens is 1. The average Bonchev–Trinajstić information content (AvgIpc) is 2.77. The zero-order chi connectivity index (χ0) is 13.3. The fourth-order valence-electron chi connectivity index (χ4n) is 1.46. The van der Waals surface area contributed by atoms with E-state index in [-0.39, 0.29) is 22.1 Å². The standard InChI is InChI=1S/C10H6ClN3O4/c11-6-2-1-3-7(9(6)10(15)16)13-5-4-8(12-13)14(17)18/h1-5H,(H,15,16). The van der Waals surface area contributed by atoms with Crippen LogP contribution in [0.3, 0.4) is 0 Å². The van der Waals surface area contributed by atoms with Gasteiger partial charge in [0.15, 0.2) is 0 Å². The number of rotatable bonds is 3. The Hall–Kier alpha value is -2.41. The van der Waals surface area contributed by atoms with Crippen molar-refractivity contribution >= 4 is 23.4 Å². The summed E-state index contributed by atoms with van der Waals surface area (Å²) in [4.78, 5) is 21.0. The van der Waals surface area contributed by atoms with Crippen LogP contribution < -0.4 is 0 Å². The lowest BCUT2D eigenvalue weighted by Crippen LogP contribution is -2.07. The van der Waals surface area contributed by atoms with Gasteiger partial charge in [-0.15, -0.1) is 4.68 Å². The maximum atomic E-state index is 11.1. The van der Waals surface area contributed by atoms with Gasteiger partial charge >= 0.3 is 11.8 Å². The summed E-state index contributed by atoms with van der Waals surface area (Å²) >= 11 is 5.79. The summed E-state index contributed by atoms with van der Waals surface area (Å²) in [5.41, 5.74) is 0.0141. The van der Waals surface area contributed by atoms with Gasteiger partial charge in [-0.05, 0) is 17.1 Å². The van der Waals surface area contributed by atoms with Crippen molar-refractivity contribution in [3.05, 3.63) is 51.2 Å². The van der Waals surface area contributed by atoms with Crippen molar-refractivity contribution in [2.75, 3.05) is 0 Å². The molecule has 1 heterocycles. The van der Waals surface area contributed by atoms with Crippen molar-refractivity contribution in [2.45, 2.75) is 0 Å². The molecule has 0 radical (unpaired) electrons. The van der Waals surface area contributed by atoms with Crippen LogP contribution in [0.15, 0.2) is 30.5 Å². The Morgan fingerprint density at radius 2 is 2.17 bits per heavy atom. The summed E-state index contributed by atoms with van der Waals surface area (Å²) in [6.45, 7) is 0. The van der Waals surface area contributed by atoms with Gasteiger partial charge in [0.05, 0.1) is 22.4 Å². The number of aromatic carboxylic acids is 1. The van der Waals surface area contributed by atoms with Crippen LogP contribution in [-0.4, -0.2) is 25.8 Å². The maximum absolute atomic E-state index is 11.1. The number of hydrogen-bond donors (Lipinski definition) is 1. The summed E-state index contributed by atoms with van der Waals surface area (Å²) in [6, 6.07) is 5.60. The fraction of sp³-hybridized carbons (Fsp3) is 0. The molecule has 0 fully saturated rings. The van der Waals surface area contributed by atoms with E-state index in [1.54, 1.807) is 0 Å². The quantitative estimate of drug-likeness (QED) is 0.678. The summed E-state index contributed by atoms with van der Waals surface area (Å²) in [5.74, 6) is -1.60. The summed E-state index contributed by atoms with van der Waals surface area (Å²) in [6.07, 6.45) is 1.30. The maximum Gasteiger partial charge on any atom is 0.390 e. The van der Waals surface area contributed by atoms with Crippen LogP contribution >= 0.6 is 11.6 Å². The van der Waals surface area contributed by atoms with Crippen molar-refractivity contribution < 1.29 is 14.8 Å². The molecule has 0 amide bonds. The Morgan fingerprint density at radius 3 is 2.72 bits per heavy atom. The van der Waals surface area contributed by atoms with Gasteiger partial charge in [-0.25, -0.2) is 4.79 Å². The van der Waals surface area contributed by atoms with E-state index in [4.69, 9.17) is 16.7 Å². The number of carboxylic acid groups (broad SMARTS) is 1. The third-order valence-electron chi connectivity index (χ3n) is 2.21. The van der Waals surface area contributed by atoms with Crippen molar-refractivity contribution in [2.24, 2.45) is 0 Å². The second-order valence-corrected chi connectivity index (χ2v) is 3.72. The number of carbonyl (C=O) groups is 1. The number of carboxylic acids is 1. The molecule has 0 aliphatic rings. The summed E-state index contributed by atoms with van der Waals surface area (Å²) in [5, 5.41) is 23.3. The lowest BCUT2D eigenvalue weighted by molar-refractivity contribution is -0.389. The largest absolute Gasteiger partial charge is 0.478 e. The van der Waals surface area contributed by atoms with Crippen LogP contribution in [0, 0.1) is 10.1 Å². The highest BCUT2D eigenvalue weighted by Crippen LogP contribution is 2.23. The van der Waals surface area contributed by atoms with E-state index in [9.17, 15) is 14.9 Å². The predicted molar refractivity (Wildman–Crippen MR) is 62.2 cm³/mol. The van der Waals surface area contributed by atoms with Gasteiger partial charge < -0.3 is 15.2 Å². The van der Waals surface area contributed by atoms with Gasteiger partial charge in [0.1, 0.15) is 11.3 Å². The molecule has 18 heavy (non-hydrogen) atoms. The molecule has 2 aromatic rings. The molecule has 8 heteroatoms. The van der Waals surface area contributed by atoms with Crippen molar-refractivity contribution in [1.29, 1.82) is 0 Å². The van der Waals surface area contributed by atoms with E-state index in [1.807, 2.05) is 0 Å². The number of nitrogens with zero attached hydrogens (tertiary/aromatic N) is 3. The summed E-state index contributed by atoms with van der Waals surface area (Å²) < 4.78 is 1.10. The Labute approximate surface area is 105 Å². The van der Waals surface area contributed by atoms with Gasteiger partial charge in [-0.3, -0.25) is 0 Å². The zero-order valence-electron chi connectivity index (χ0n) is 8.78. The normalized spacial score (nSPS) is 10.3. The molecule has 0 spiro atoms. The van der Waals surface area contributed by atoms with Crippen LogP contribution in [0.25, 0.3) is 5.69 Å². The Kier molecular flexibility index (Phi) is 2.99. The smallest absolute Gasteiger partial charge is 0.390 e. The highest BCUT2D eigenvalue weighted by Gasteiger charge is 2.20. The number of aromatic nitrogens is 2. The van der Waals surface area contributed by atoms with E-state index in [0.29, 0.717) is 0 Å². The molecule has 1 aromatic carbocycles. The minimum Gasteiger partial charge on any atom is -0.478 e. The first kappa shape index (κ1) is 12.1. The van der Waals surface area contributed by atoms with Gasteiger partial charge in [0.25, 0.3) is 0 Å².